The van der Waals surface area contributed by atoms with E-state index in [0.29, 0.717) is 0 Å². The molecule has 1 aliphatic heterocycles. The van der Waals surface area contributed by atoms with Crippen LogP contribution >= 0.6 is 24.8 Å². The first-order chi connectivity index (χ1) is 12.3. The zero-order chi connectivity index (χ0) is 17.5. The number of benzene rings is 2. The molecule has 0 saturated carbocycles. The van der Waals surface area contributed by atoms with Gasteiger partial charge in [0.25, 0.3) is 0 Å². The number of nitrogens with one attached hydrogen (secondary N) is 1. The Labute approximate surface area is 175 Å². The van der Waals surface area contributed by atoms with Gasteiger partial charge in [-0.2, -0.15) is 0 Å². The zero-order valence-corrected chi connectivity index (χ0v) is 17.6. The Kier molecular flexibility index (Phi) is 10.6. The molecule has 2 aromatic rings. The van der Waals surface area contributed by atoms with Crippen molar-refractivity contribution in [3.8, 4) is 11.5 Å². The standard InChI is InChI=1S/C21H28N2O2.2ClH/c1-3-23(4-2)15-14-22-16-20-21(17-10-6-5-7-11-17)25-19-13-9-8-12-18(19)24-20;;/h5-13,20-22H,3-4,14-16H2,1-2H3;2*1H. The first kappa shape index (κ1) is 23.6. The molecule has 2 aromatic carbocycles. The number of ether oxygens (including phenoxy) is 2. The van der Waals surface area contributed by atoms with Gasteiger partial charge in [0.15, 0.2) is 23.7 Å². The van der Waals surface area contributed by atoms with E-state index < -0.39 is 0 Å². The van der Waals surface area contributed by atoms with Crippen LogP contribution in [0.3, 0.4) is 0 Å². The first-order valence-corrected chi connectivity index (χ1v) is 9.22. The van der Waals surface area contributed by atoms with E-state index in [1.165, 1.54) is 0 Å². The van der Waals surface area contributed by atoms with Crippen LogP contribution in [0, 0.1) is 0 Å². The molecule has 0 fully saturated rings. The van der Waals surface area contributed by atoms with Crippen LogP contribution in [0.2, 0.25) is 0 Å². The molecule has 0 spiro atoms. The molecule has 0 radical (unpaired) electrons. The SMILES string of the molecule is CCN(CC)CCNCC1Oc2ccccc2OC1c1ccccc1.Cl.Cl. The zero-order valence-electron chi connectivity index (χ0n) is 16.0. The molecule has 0 amide bonds. The molecule has 0 aromatic heterocycles. The third kappa shape index (κ3) is 6.28. The van der Waals surface area contributed by atoms with E-state index in [-0.39, 0.29) is 37.0 Å². The lowest BCUT2D eigenvalue weighted by Gasteiger charge is -2.34. The van der Waals surface area contributed by atoms with E-state index in [1.54, 1.807) is 0 Å². The highest BCUT2D eigenvalue weighted by Gasteiger charge is 2.32. The molecule has 1 heterocycles. The fourth-order valence-corrected chi connectivity index (χ4v) is 3.18. The van der Waals surface area contributed by atoms with E-state index in [1.807, 2.05) is 42.5 Å². The highest BCUT2D eigenvalue weighted by Crippen LogP contribution is 2.38. The summed E-state index contributed by atoms with van der Waals surface area (Å²) >= 11 is 0. The van der Waals surface area contributed by atoms with Crippen molar-refractivity contribution < 1.29 is 9.47 Å². The molecular formula is C21H30Cl2N2O2. The minimum Gasteiger partial charge on any atom is -0.481 e. The number of hydrogen-bond acceptors (Lipinski definition) is 4. The number of likely N-dealkylation sites (N-methyl/N-ethyl adjacent to an activating group) is 1. The second-order valence-electron chi connectivity index (χ2n) is 6.28. The molecule has 4 nitrogen and oxygen atoms in total. The maximum absolute atomic E-state index is 6.28. The topological polar surface area (TPSA) is 33.7 Å². The van der Waals surface area contributed by atoms with Gasteiger partial charge in [-0.05, 0) is 30.8 Å². The summed E-state index contributed by atoms with van der Waals surface area (Å²) in [5.41, 5.74) is 1.15. The van der Waals surface area contributed by atoms with Crippen LogP contribution in [-0.4, -0.2) is 43.7 Å². The Bertz CT molecular complexity index is 654. The minimum atomic E-state index is -0.1000. The summed E-state index contributed by atoms with van der Waals surface area (Å²) in [6.45, 7) is 9.32. The lowest BCUT2D eigenvalue weighted by Crippen LogP contribution is -2.43. The Morgan fingerprint density at radius 1 is 0.852 bits per heavy atom. The molecule has 150 valence electrons. The summed E-state index contributed by atoms with van der Waals surface area (Å²) in [7, 11) is 0. The number of nitrogens with zero attached hydrogens (tertiary/aromatic N) is 1. The number of fused-ring (bicyclic) bond motifs is 1. The maximum atomic E-state index is 6.28. The van der Waals surface area contributed by atoms with Crippen molar-refractivity contribution in [2.75, 3.05) is 32.7 Å². The van der Waals surface area contributed by atoms with Crippen molar-refractivity contribution in [1.82, 2.24) is 10.2 Å². The third-order valence-electron chi connectivity index (χ3n) is 4.69. The summed E-state index contributed by atoms with van der Waals surface area (Å²) in [6.07, 6.45) is -0.147. The third-order valence-corrected chi connectivity index (χ3v) is 4.69. The summed E-state index contributed by atoms with van der Waals surface area (Å²) in [6, 6.07) is 18.2. The van der Waals surface area contributed by atoms with E-state index >= 15 is 0 Å². The van der Waals surface area contributed by atoms with Crippen LogP contribution in [0.1, 0.15) is 25.5 Å². The van der Waals surface area contributed by atoms with Crippen LogP contribution in [0.15, 0.2) is 54.6 Å². The Morgan fingerprint density at radius 3 is 2.07 bits per heavy atom. The van der Waals surface area contributed by atoms with Crippen molar-refractivity contribution >= 4 is 24.8 Å². The molecule has 1 aliphatic rings. The average molecular weight is 413 g/mol. The number of halogens is 2. The second kappa shape index (κ2) is 12.1. The highest BCUT2D eigenvalue weighted by atomic mass is 35.5. The fraction of sp³-hybridized carbons (Fsp3) is 0.429. The molecule has 0 saturated heterocycles. The second-order valence-corrected chi connectivity index (χ2v) is 6.28. The van der Waals surface area contributed by atoms with Gasteiger partial charge in [-0.1, -0.05) is 56.3 Å². The average Bonchev–Trinajstić information content (AvgIpc) is 2.68. The van der Waals surface area contributed by atoms with Gasteiger partial charge in [-0.3, -0.25) is 0 Å². The molecule has 2 unspecified atom stereocenters. The molecule has 0 bridgehead atoms. The van der Waals surface area contributed by atoms with Gasteiger partial charge < -0.3 is 19.7 Å². The van der Waals surface area contributed by atoms with Gasteiger partial charge in [-0.25, -0.2) is 0 Å². The Hall–Kier alpha value is -1.46. The molecule has 6 heteroatoms. The molecule has 0 aliphatic carbocycles. The number of rotatable bonds is 8. The summed E-state index contributed by atoms with van der Waals surface area (Å²) in [4.78, 5) is 2.41. The lowest BCUT2D eigenvalue weighted by atomic mass is 10.0. The predicted octanol–water partition coefficient (Wildman–Crippen LogP) is 4.34. The van der Waals surface area contributed by atoms with Crippen LogP contribution in [0.4, 0.5) is 0 Å². The molecule has 27 heavy (non-hydrogen) atoms. The van der Waals surface area contributed by atoms with E-state index in [9.17, 15) is 0 Å². The van der Waals surface area contributed by atoms with Gasteiger partial charge in [0.2, 0.25) is 0 Å². The lowest BCUT2D eigenvalue weighted by molar-refractivity contribution is 0.0199. The van der Waals surface area contributed by atoms with Gasteiger partial charge >= 0.3 is 0 Å². The van der Waals surface area contributed by atoms with Crippen LogP contribution in [0.25, 0.3) is 0 Å². The summed E-state index contributed by atoms with van der Waals surface area (Å²) in [5.74, 6) is 1.64. The molecule has 2 atom stereocenters. The van der Waals surface area contributed by atoms with Crippen molar-refractivity contribution in [3.05, 3.63) is 60.2 Å². The minimum absolute atomic E-state index is 0. The maximum Gasteiger partial charge on any atom is 0.162 e. The highest BCUT2D eigenvalue weighted by molar-refractivity contribution is 5.85. The first-order valence-electron chi connectivity index (χ1n) is 9.22. The van der Waals surface area contributed by atoms with E-state index in [2.05, 4.69) is 36.2 Å². The number of hydrogen-bond donors (Lipinski definition) is 1. The smallest absolute Gasteiger partial charge is 0.162 e. The monoisotopic (exact) mass is 412 g/mol. The van der Waals surface area contributed by atoms with Gasteiger partial charge in [0.05, 0.1) is 0 Å². The molecule has 1 N–H and O–H groups in total. The van der Waals surface area contributed by atoms with E-state index in [4.69, 9.17) is 9.47 Å². The Morgan fingerprint density at radius 2 is 1.44 bits per heavy atom. The van der Waals surface area contributed by atoms with Crippen molar-refractivity contribution in [2.24, 2.45) is 0 Å². The molecular weight excluding hydrogens is 383 g/mol. The summed E-state index contributed by atoms with van der Waals surface area (Å²) < 4.78 is 12.5. The van der Waals surface area contributed by atoms with Crippen molar-refractivity contribution in [2.45, 2.75) is 26.1 Å². The van der Waals surface area contributed by atoms with Crippen LogP contribution in [-0.2, 0) is 0 Å². The summed E-state index contributed by atoms with van der Waals surface area (Å²) in [5, 5.41) is 3.54. The largest absolute Gasteiger partial charge is 0.481 e. The van der Waals surface area contributed by atoms with Gasteiger partial charge in [0, 0.05) is 19.6 Å². The fourth-order valence-electron chi connectivity index (χ4n) is 3.18. The number of para-hydroxylation sites is 2. The Balaban J connectivity index is 0.00000182. The van der Waals surface area contributed by atoms with Gasteiger partial charge in [0.1, 0.15) is 0 Å². The van der Waals surface area contributed by atoms with Crippen LogP contribution < -0.4 is 14.8 Å². The predicted molar refractivity (Wildman–Crippen MR) is 116 cm³/mol. The normalized spacial score (nSPS) is 17.7. The van der Waals surface area contributed by atoms with Crippen molar-refractivity contribution in [1.29, 1.82) is 0 Å². The van der Waals surface area contributed by atoms with E-state index in [0.717, 1.165) is 49.8 Å². The molecule has 3 rings (SSSR count). The van der Waals surface area contributed by atoms with Crippen LogP contribution in [0.5, 0.6) is 11.5 Å². The van der Waals surface area contributed by atoms with Crippen molar-refractivity contribution in [3.63, 3.8) is 0 Å². The van der Waals surface area contributed by atoms with Gasteiger partial charge in [-0.15, -0.1) is 24.8 Å². The quantitative estimate of drug-likeness (QED) is 0.653.